The number of nitrogens with zero attached hydrogens (tertiary/aromatic N) is 2. The number of hydrogen-bond donors (Lipinski definition) is 2. The predicted octanol–water partition coefficient (Wildman–Crippen LogP) is 2.84. The molecule has 136 valence electrons. The third-order valence-corrected chi connectivity index (χ3v) is 6.55. The number of rotatable bonds is 3. The molecule has 1 unspecified atom stereocenters. The summed E-state index contributed by atoms with van der Waals surface area (Å²) in [6.07, 6.45) is 3.56. The van der Waals surface area contributed by atoms with E-state index in [2.05, 4.69) is 23.2 Å². The number of fused-ring (bicyclic) bond motifs is 2. The average molecular weight is 377 g/mol. The van der Waals surface area contributed by atoms with Crippen molar-refractivity contribution in [1.82, 2.24) is 15.0 Å². The molecule has 27 heavy (non-hydrogen) atoms. The van der Waals surface area contributed by atoms with Gasteiger partial charge >= 0.3 is 0 Å². The van der Waals surface area contributed by atoms with Crippen molar-refractivity contribution in [2.24, 2.45) is 0 Å². The number of benzene rings is 2. The van der Waals surface area contributed by atoms with Gasteiger partial charge in [0.1, 0.15) is 12.6 Å². The number of aromatic nitrogens is 3. The highest BCUT2D eigenvalue weighted by atomic mass is 32.1. The highest BCUT2D eigenvalue weighted by molar-refractivity contribution is 7.18. The maximum absolute atomic E-state index is 12.4. The van der Waals surface area contributed by atoms with Crippen molar-refractivity contribution in [1.29, 1.82) is 0 Å². The van der Waals surface area contributed by atoms with Gasteiger partial charge in [-0.25, -0.2) is 9.97 Å². The van der Waals surface area contributed by atoms with E-state index in [4.69, 9.17) is 9.97 Å². The second kappa shape index (κ2) is 6.87. The Morgan fingerprint density at radius 2 is 1.85 bits per heavy atom. The normalized spacial score (nSPS) is 20.3. The van der Waals surface area contributed by atoms with Gasteiger partial charge in [0.2, 0.25) is 0 Å². The maximum Gasteiger partial charge on any atom is 0.258 e. The molecular formula is C21H21N4OS+. The average Bonchev–Trinajstić information content (AvgIpc) is 3.12. The molecule has 3 heterocycles. The van der Waals surface area contributed by atoms with Crippen molar-refractivity contribution in [3.05, 3.63) is 69.7 Å². The number of quaternary nitrogens is 1. The van der Waals surface area contributed by atoms with E-state index in [0.29, 0.717) is 11.4 Å². The summed E-state index contributed by atoms with van der Waals surface area (Å²) in [6.45, 7) is 1.80. The smallest absolute Gasteiger partial charge is 0.258 e. The Balaban J connectivity index is 1.48. The number of para-hydroxylation sites is 2. The molecule has 0 radical (unpaired) electrons. The minimum absolute atomic E-state index is 0.0523. The Hall–Kier alpha value is -2.57. The quantitative estimate of drug-likeness (QED) is 0.577. The zero-order valence-corrected chi connectivity index (χ0v) is 15.8. The van der Waals surface area contributed by atoms with E-state index in [1.807, 2.05) is 30.3 Å². The lowest BCUT2D eigenvalue weighted by Gasteiger charge is -2.30. The fourth-order valence-electron chi connectivity index (χ4n) is 4.06. The van der Waals surface area contributed by atoms with Crippen molar-refractivity contribution in [2.45, 2.75) is 31.8 Å². The van der Waals surface area contributed by atoms with Gasteiger partial charge in [-0.15, -0.1) is 11.3 Å². The second-order valence-corrected chi connectivity index (χ2v) is 8.25. The number of aromatic amines is 1. The van der Waals surface area contributed by atoms with Crippen LogP contribution in [0.3, 0.4) is 0 Å². The summed E-state index contributed by atoms with van der Waals surface area (Å²) in [5.41, 5.74) is 1.80. The van der Waals surface area contributed by atoms with Gasteiger partial charge < -0.3 is 9.88 Å². The van der Waals surface area contributed by atoms with Crippen LogP contribution in [0.1, 0.15) is 36.1 Å². The molecule has 4 aromatic rings. The van der Waals surface area contributed by atoms with E-state index in [1.54, 1.807) is 11.3 Å². The Morgan fingerprint density at radius 3 is 2.74 bits per heavy atom. The summed E-state index contributed by atoms with van der Waals surface area (Å²) in [7, 11) is 0. The van der Waals surface area contributed by atoms with Crippen LogP contribution in [0, 0.1) is 0 Å². The first kappa shape index (κ1) is 16.6. The Morgan fingerprint density at radius 1 is 1.04 bits per heavy atom. The van der Waals surface area contributed by atoms with E-state index in [1.165, 1.54) is 27.4 Å². The highest BCUT2D eigenvalue weighted by Crippen LogP contribution is 2.28. The summed E-state index contributed by atoms with van der Waals surface area (Å²) in [5.74, 6) is 0.765. The topological polar surface area (TPSA) is 63.1 Å². The lowest BCUT2D eigenvalue weighted by Crippen LogP contribution is -3.11. The monoisotopic (exact) mass is 377 g/mol. The third-order valence-electron chi connectivity index (χ3n) is 5.40. The first-order valence-corrected chi connectivity index (χ1v) is 10.3. The van der Waals surface area contributed by atoms with E-state index in [-0.39, 0.29) is 5.56 Å². The van der Waals surface area contributed by atoms with Gasteiger partial charge in [0.05, 0.1) is 27.7 Å². The van der Waals surface area contributed by atoms with Crippen LogP contribution < -0.4 is 10.5 Å². The lowest BCUT2D eigenvalue weighted by molar-refractivity contribution is -0.950. The Bertz CT molecular complexity index is 1130. The minimum Gasteiger partial charge on any atom is -0.320 e. The van der Waals surface area contributed by atoms with Gasteiger partial charge in [0, 0.05) is 6.42 Å². The summed E-state index contributed by atoms with van der Waals surface area (Å²) >= 11 is 1.80. The molecule has 2 N–H and O–H groups in total. The fourth-order valence-corrected chi connectivity index (χ4v) is 5.22. The standard InChI is InChI=1S/C21H20N4OS/c26-20-14-7-1-2-8-15(14)22-19(24-20)13-25-12-6-5-10-17(25)21-23-16-9-3-4-11-18(16)27-21/h1-4,7-9,11,17H,5-6,10,12-13H2,(H,22,24,26)/p+1/t17-/m0/s1. The summed E-state index contributed by atoms with van der Waals surface area (Å²) in [5, 5.41) is 1.85. The first-order valence-electron chi connectivity index (χ1n) is 9.46. The second-order valence-electron chi connectivity index (χ2n) is 7.18. The van der Waals surface area contributed by atoms with Crippen LogP contribution in [0.15, 0.2) is 53.3 Å². The molecule has 1 aliphatic rings. The summed E-state index contributed by atoms with van der Waals surface area (Å²) < 4.78 is 1.25. The van der Waals surface area contributed by atoms with E-state index < -0.39 is 0 Å². The third kappa shape index (κ3) is 3.15. The SMILES string of the molecule is O=c1[nH]c(C[NH+]2CCCC[C@H]2c2nc3ccccc3s2)nc2ccccc12. The molecule has 5 nitrogen and oxygen atoms in total. The molecule has 1 aliphatic heterocycles. The number of thiazole rings is 1. The molecule has 0 spiro atoms. The molecule has 2 atom stereocenters. The maximum atomic E-state index is 12.4. The number of hydrogen-bond acceptors (Lipinski definition) is 4. The summed E-state index contributed by atoms with van der Waals surface area (Å²) in [6, 6.07) is 16.2. The zero-order valence-electron chi connectivity index (χ0n) is 14.9. The van der Waals surface area contributed by atoms with Gasteiger partial charge in [-0.1, -0.05) is 24.3 Å². The largest absolute Gasteiger partial charge is 0.320 e. The van der Waals surface area contributed by atoms with Crippen molar-refractivity contribution in [2.75, 3.05) is 6.54 Å². The number of likely N-dealkylation sites (tertiary alicyclic amines) is 1. The number of H-pyrrole nitrogens is 1. The molecule has 1 saturated heterocycles. The van der Waals surface area contributed by atoms with E-state index in [0.717, 1.165) is 36.4 Å². The molecular weight excluding hydrogens is 356 g/mol. The predicted molar refractivity (Wildman–Crippen MR) is 108 cm³/mol. The van der Waals surface area contributed by atoms with E-state index >= 15 is 0 Å². The summed E-state index contributed by atoms with van der Waals surface area (Å²) in [4.78, 5) is 26.4. The highest BCUT2D eigenvalue weighted by Gasteiger charge is 2.31. The fraction of sp³-hybridized carbons (Fsp3) is 0.286. The number of nitrogens with one attached hydrogen (secondary N) is 2. The van der Waals surface area contributed by atoms with Gasteiger partial charge in [0.15, 0.2) is 10.8 Å². The van der Waals surface area contributed by atoms with Gasteiger partial charge in [-0.2, -0.15) is 0 Å². The van der Waals surface area contributed by atoms with Crippen LogP contribution in [-0.4, -0.2) is 21.5 Å². The molecule has 2 aromatic heterocycles. The van der Waals surface area contributed by atoms with Crippen LogP contribution in [0.25, 0.3) is 21.1 Å². The molecule has 5 rings (SSSR count). The molecule has 2 aromatic carbocycles. The van der Waals surface area contributed by atoms with E-state index in [9.17, 15) is 4.79 Å². The first-order chi connectivity index (χ1) is 13.3. The minimum atomic E-state index is -0.0523. The van der Waals surface area contributed by atoms with Crippen molar-refractivity contribution < 1.29 is 4.90 Å². The van der Waals surface area contributed by atoms with Crippen molar-refractivity contribution in [3.8, 4) is 0 Å². The molecule has 0 aliphatic carbocycles. The van der Waals surface area contributed by atoms with Crippen molar-refractivity contribution in [3.63, 3.8) is 0 Å². The number of piperidine rings is 1. The molecule has 0 amide bonds. The van der Waals surface area contributed by atoms with Gasteiger partial charge in [-0.3, -0.25) is 4.79 Å². The van der Waals surface area contributed by atoms with Gasteiger partial charge in [0.25, 0.3) is 5.56 Å². The Labute approximate surface area is 160 Å². The van der Waals surface area contributed by atoms with Crippen molar-refractivity contribution >= 4 is 32.5 Å². The van der Waals surface area contributed by atoms with Crippen LogP contribution in [0.4, 0.5) is 0 Å². The zero-order chi connectivity index (χ0) is 18.2. The van der Waals surface area contributed by atoms with Crippen LogP contribution in [-0.2, 0) is 6.54 Å². The van der Waals surface area contributed by atoms with Crippen LogP contribution in [0.2, 0.25) is 0 Å². The van der Waals surface area contributed by atoms with Crippen LogP contribution >= 0.6 is 11.3 Å². The molecule has 0 bridgehead atoms. The van der Waals surface area contributed by atoms with Crippen LogP contribution in [0.5, 0.6) is 0 Å². The lowest BCUT2D eigenvalue weighted by atomic mass is 10.0. The van der Waals surface area contributed by atoms with Gasteiger partial charge in [-0.05, 0) is 37.1 Å². The molecule has 0 saturated carbocycles. The Kier molecular flexibility index (Phi) is 4.22. The molecule has 6 heteroatoms. The molecule has 1 fully saturated rings.